The number of amides is 2. The number of nitrogens with zero attached hydrogens (tertiary/aromatic N) is 1. The first-order valence-corrected chi connectivity index (χ1v) is 6.46. The number of hydrogen-bond acceptors (Lipinski definition) is 4. The van der Waals surface area contributed by atoms with Crippen molar-refractivity contribution in [2.24, 2.45) is 0 Å². The van der Waals surface area contributed by atoms with E-state index in [1.54, 1.807) is 12.1 Å². The van der Waals surface area contributed by atoms with Crippen LogP contribution >= 0.6 is 0 Å². The van der Waals surface area contributed by atoms with Crippen molar-refractivity contribution in [1.82, 2.24) is 10.6 Å². The van der Waals surface area contributed by atoms with Crippen molar-refractivity contribution in [3.63, 3.8) is 0 Å². The number of carbonyl (C=O) groups is 1. The lowest BCUT2D eigenvalue weighted by molar-refractivity contribution is -0.384. The summed E-state index contributed by atoms with van der Waals surface area (Å²) in [7, 11) is 0. The fourth-order valence-corrected chi connectivity index (χ4v) is 1.58. The van der Waals surface area contributed by atoms with E-state index >= 15 is 0 Å². The van der Waals surface area contributed by atoms with Crippen LogP contribution in [0.25, 0.3) is 0 Å². The summed E-state index contributed by atoms with van der Waals surface area (Å²) in [5.74, 6) is 0. The zero-order valence-electron chi connectivity index (χ0n) is 11.3. The maximum absolute atomic E-state index is 11.5. The zero-order valence-corrected chi connectivity index (χ0v) is 11.3. The Kier molecular flexibility index (Phi) is 6.45. The van der Waals surface area contributed by atoms with Crippen molar-refractivity contribution in [1.29, 1.82) is 0 Å². The van der Waals surface area contributed by atoms with Crippen LogP contribution in [0, 0.1) is 10.1 Å². The van der Waals surface area contributed by atoms with Crippen molar-refractivity contribution in [2.45, 2.75) is 32.4 Å². The van der Waals surface area contributed by atoms with E-state index in [9.17, 15) is 20.0 Å². The Morgan fingerprint density at radius 2 is 2.20 bits per heavy atom. The van der Waals surface area contributed by atoms with Gasteiger partial charge >= 0.3 is 6.03 Å². The molecule has 1 aromatic rings. The van der Waals surface area contributed by atoms with Crippen molar-refractivity contribution in [3.05, 3.63) is 39.9 Å². The van der Waals surface area contributed by atoms with Crippen LogP contribution in [0.4, 0.5) is 10.5 Å². The van der Waals surface area contributed by atoms with E-state index in [-0.39, 0.29) is 18.3 Å². The minimum absolute atomic E-state index is 0.00391. The number of non-ortho nitro benzene ring substituents is 1. The molecule has 0 heterocycles. The highest BCUT2D eigenvalue weighted by atomic mass is 16.6. The van der Waals surface area contributed by atoms with Gasteiger partial charge < -0.3 is 15.7 Å². The third-order valence-electron chi connectivity index (χ3n) is 2.81. The minimum Gasteiger partial charge on any atom is -0.393 e. The molecule has 0 aliphatic heterocycles. The summed E-state index contributed by atoms with van der Waals surface area (Å²) >= 11 is 0. The van der Waals surface area contributed by atoms with Gasteiger partial charge in [-0.2, -0.15) is 0 Å². The van der Waals surface area contributed by atoms with Crippen LogP contribution in [-0.4, -0.2) is 28.7 Å². The van der Waals surface area contributed by atoms with E-state index in [2.05, 4.69) is 10.6 Å². The molecule has 0 saturated heterocycles. The quantitative estimate of drug-likeness (QED) is 0.521. The normalized spacial score (nSPS) is 11.7. The van der Waals surface area contributed by atoms with E-state index in [4.69, 9.17) is 0 Å². The second-order valence-electron chi connectivity index (χ2n) is 4.39. The fourth-order valence-electron chi connectivity index (χ4n) is 1.58. The molecule has 1 unspecified atom stereocenters. The average molecular weight is 281 g/mol. The van der Waals surface area contributed by atoms with Crippen LogP contribution in [0.3, 0.4) is 0 Å². The van der Waals surface area contributed by atoms with E-state index < -0.39 is 11.0 Å². The number of aliphatic hydroxyl groups is 1. The maximum Gasteiger partial charge on any atom is 0.315 e. The molecule has 1 rings (SSSR count). The molecule has 0 aliphatic rings. The molecular formula is C13H19N3O4. The number of nitrogens with one attached hydrogen (secondary N) is 2. The van der Waals surface area contributed by atoms with Crippen molar-refractivity contribution in [2.75, 3.05) is 6.54 Å². The molecule has 0 spiro atoms. The predicted molar refractivity (Wildman–Crippen MR) is 74.2 cm³/mol. The Morgan fingerprint density at radius 1 is 1.45 bits per heavy atom. The number of hydrogen-bond donors (Lipinski definition) is 3. The smallest absolute Gasteiger partial charge is 0.315 e. The molecule has 7 nitrogen and oxygen atoms in total. The molecule has 0 saturated carbocycles. The number of carbonyl (C=O) groups excluding carboxylic acids is 1. The van der Waals surface area contributed by atoms with Gasteiger partial charge in [0.1, 0.15) is 0 Å². The average Bonchev–Trinajstić information content (AvgIpc) is 2.45. The molecule has 2 amide bonds. The first-order chi connectivity index (χ1) is 9.52. The summed E-state index contributed by atoms with van der Waals surface area (Å²) < 4.78 is 0. The summed E-state index contributed by atoms with van der Waals surface area (Å²) in [5, 5.41) is 25.1. The van der Waals surface area contributed by atoms with Gasteiger partial charge in [0.25, 0.3) is 5.69 Å². The number of nitro benzene ring substituents is 1. The molecule has 110 valence electrons. The lowest BCUT2D eigenvalue weighted by Gasteiger charge is -2.10. The van der Waals surface area contributed by atoms with Gasteiger partial charge in [-0.25, -0.2) is 4.79 Å². The number of benzene rings is 1. The summed E-state index contributed by atoms with van der Waals surface area (Å²) in [4.78, 5) is 21.6. The van der Waals surface area contributed by atoms with Crippen molar-refractivity contribution in [3.8, 4) is 0 Å². The van der Waals surface area contributed by atoms with Crippen molar-refractivity contribution >= 4 is 11.7 Å². The fraction of sp³-hybridized carbons (Fsp3) is 0.462. The molecule has 1 aromatic carbocycles. The number of aliphatic hydroxyl groups excluding tert-OH is 1. The number of urea groups is 1. The van der Waals surface area contributed by atoms with Crippen LogP contribution in [0.5, 0.6) is 0 Å². The molecule has 0 radical (unpaired) electrons. The highest BCUT2D eigenvalue weighted by molar-refractivity contribution is 5.73. The van der Waals surface area contributed by atoms with E-state index in [1.807, 2.05) is 6.92 Å². The lowest BCUT2D eigenvalue weighted by atomic mass is 10.2. The zero-order chi connectivity index (χ0) is 15.0. The van der Waals surface area contributed by atoms with Crippen LogP contribution < -0.4 is 10.6 Å². The van der Waals surface area contributed by atoms with Crippen LogP contribution in [0.2, 0.25) is 0 Å². The molecule has 20 heavy (non-hydrogen) atoms. The Morgan fingerprint density at radius 3 is 2.85 bits per heavy atom. The van der Waals surface area contributed by atoms with Gasteiger partial charge in [-0.1, -0.05) is 19.1 Å². The van der Waals surface area contributed by atoms with E-state index in [1.165, 1.54) is 12.1 Å². The summed E-state index contributed by atoms with van der Waals surface area (Å²) in [6, 6.07) is 5.73. The summed E-state index contributed by atoms with van der Waals surface area (Å²) in [5.41, 5.74) is 0.652. The van der Waals surface area contributed by atoms with Crippen LogP contribution in [-0.2, 0) is 6.54 Å². The van der Waals surface area contributed by atoms with Gasteiger partial charge in [0, 0.05) is 25.2 Å². The lowest BCUT2D eigenvalue weighted by Crippen LogP contribution is -2.36. The molecule has 7 heteroatoms. The molecule has 3 N–H and O–H groups in total. The second-order valence-corrected chi connectivity index (χ2v) is 4.39. The maximum atomic E-state index is 11.5. The Hall–Kier alpha value is -2.15. The highest BCUT2D eigenvalue weighted by Crippen LogP contribution is 2.12. The van der Waals surface area contributed by atoms with Gasteiger partial charge in [0.15, 0.2) is 0 Å². The SMILES string of the molecule is CCC(O)CCNC(=O)NCc1cccc([N+](=O)[O-])c1. The van der Waals surface area contributed by atoms with E-state index in [0.29, 0.717) is 24.9 Å². The third kappa shape index (κ3) is 5.66. The van der Waals surface area contributed by atoms with Gasteiger partial charge in [0.05, 0.1) is 11.0 Å². The van der Waals surface area contributed by atoms with Crippen LogP contribution in [0.1, 0.15) is 25.3 Å². The minimum atomic E-state index is -0.476. The molecule has 0 bridgehead atoms. The first kappa shape index (κ1) is 15.9. The molecule has 0 fully saturated rings. The molecule has 1 atom stereocenters. The molecule has 0 aromatic heterocycles. The Bertz CT molecular complexity index is 465. The highest BCUT2D eigenvalue weighted by Gasteiger charge is 2.07. The first-order valence-electron chi connectivity index (χ1n) is 6.46. The second kappa shape index (κ2) is 8.11. The predicted octanol–water partition coefficient (Wildman–Crippen LogP) is 1.55. The summed E-state index contributed by atoms with van der Waals surface area (Å²) in [6.07, 6.45) is 0.740. The molecular weight excluding hydrogens is 262 g/mol. The molecule has 0 aliphatic carbocycles. The summed E-state index contributed by atoms with van der Waals surface area (Å²) in [6.45, 7) is 2.46. The number of nitro groups is 1. The van der Waals surface area contributed by atoms with Gasteiger partial charge in [-0.05, 0) is 18.4 Å². The Balaban J connectivity index is 2.34. The third-order valence-corrected chi connectivity index (χ3v) is 2.81. The monoisotopic (exact) mass is 281 g/mol. The topological polar surface area (TPSA) is 104 Å². The standard InChI is InChI=1S/C13H19N3O4/c1-2-12(17)6-7-14-13(18)15-9-10-4-3-5-11(8-10)16(19)20/h3-5,8,12,17H,2,6-7,9H2,1H3,(H2,14,15,18). The van der Waals surface area contributed by atoms with Gasteiger partial charge in [0.2, 0.25) is 0 Å². The van der Waals surface area contributed by atoms with E-state index in [0.717, 1.165) is 0 Å². The van der Waals surface area contributed by atoms with Gasteiger partial charge in [-0.15, -0.1) is 0 Å². The largest absolute Gasteiger partial charge is 0.393 e. The van der Waals surface area contributed by atoms with Crippen LogP contribution in [0.15, 0.2) is 24.3 Å². The number of rotatable bonds is 7. The van der Waals surface area contributed by atoms with Crippen molar-refractivity contribution < 1.29 is 14.8 Å². The Labute approximate surface area is 117 Å². The van der Waals surface area contributed by atoms with Gasteiger partial charge in [-0.3, -0.25) is 10.1 Å².